The molecule has 0 saturated heterocycles. The number of hydrogen-bond acceptors (Lipinski definition) is 2. The average Bonchev–Trinajstić information content (AvgIpc) is 2.52. The Morgan fingerprint density at radius 2 is 2.07 bits per heavy atom. The highest BCUT2D eigenvalue weighted by Crippen LogP contribution is 2.27. The zero-order valence-electron chi connectivity index (χ0n) is 8.74. The van der Waals surface area contributed by atoms with Gasteiger partial charge in [-0.1, -0.05) is 18.2 Å². The molecule has 0 atom stereocenters. The number of fused-ring (bicyclic) bond motifs is 1. The zero-order valence-corrected chi connectivity index (χ0v) is 8.74. The Bertz CT molecular complexity index is 528. The van der Waals surface area contributed by atoms with Crippen LogP contribution in [0.1, 0.15) is 5.69 Å². The summed E-state index contributed by atoms with van der Waals surface area (Å²) in [6, 6.07) is 7.43. The van der Waals surface area contributed by atoms with Gasteiger partial charge in [-0.15, -0.1) is 0 Å². The van der Waals surface area contributed by atoms with Crippen molar-refractivity contribution in [2.24, 2.45) is 0 Å². The van der Waals surface area contributed by atoms with E-state index in [1.807, 2.05) is 31.2 Å². The molecule has 0 saturated carbocycles. The van der Waals surface area contributed by atoms with Crippen LogP contribution in [-0.2, 0) is 0 Å². The van der Waals surface area contributed by atoms with E-state index in [4.69, 9.17) is 5.73 Å². The average molecular weight is 203 g/mol. The van der Waals surface area contributed by atoms with E-state index in [-0.39, 0.29) is 6.03 Å². The summed E-state index contributed by atoms with van der Waals surface area (Å²) in [6.45, 7) is 1.84. The molecule has 1 aromatic heterocycles. The minimum atomic E-state index is -0.166. The molecule has 1 aromatic carbocycles. The first-order valence-corrected chi connectivity index (χ1v) is 4.74. The predicted octanol–water partition coefficient (Wildman–Crippen LogP) is 1.72. The number of para-hydroxylation sites is 1. The van der Waals surface area contributed by atoms with Gasteiger partial charge in [-0.2, -0.15) is 0 Å². The second-order valence-corrected chi connectivity index (χ2v) is 3.41. The van der Waals surface area contributed by atoms with Gasteiger partial charge < -0.3 is 11.1 Å². The molecule has 1 heterocycles. The second kappa shape index (κ2) is 3.31. The summed E-state index contributed by atoms with van der Waals surface area (Å²) < 4.78 is 1.59. The van der Waals surface area contributed by atoms with Crippen molar-refractivity contribution in [3.05, 3.63) is 30.0 Å². The van der Waals surface area contributed by atoms with Gasteiger partial charge in [0.2, 0.25) is 0 Å². The SMILES string of the molecule is CNC(=O)n1c(C)c(N)c2ccccc21. The molecule has 4 nitrogen and oxygen atoms in total. The summed E-state index contributed by atoms with van der Waals surface area (Å²) in [4.78, 5) is 11.7. The molecule has 0 bridgehead atoms. The number of anilines is 1. The number of benzene rings is 1. The summed E-state index contributed by atoms with van der Waals surface area (Å²) in [5, 5.41) is 3.51. The quantitative estimate of drug-likeness (QED) is 0.684. The number of nitrogen functional groups attached to an aromatic ring is 1. The molecule has 2 rings (SSSR count). The molecular formula is C11H13N3O. The van der Waals surface area contributed by atoms with Crippen LogP contribution in [0.4, 0.5) is 10.5 Å². The van der Waals surface area contributed by atoms with Crippen molar-refractivity contribution in [1.82, 2.24) is 9.88 Å². The van der Waals surface area contributed by atoms with Crippen LogP contribution in [0.25, 0.3) is 10.9 Å². The fraction of sp³-hybridized carbons (Fsp3) is 0.182. The topological polar surface area (TPSA) is 60.0 Å². The number of nitrogens with one attached hydrogen (secondary N) is 1. The highest BCUT2D eigenvalue weighted by molar-refractivity contribution is 6.00. The highest BCUT2D eigenvalue weighted by atomic mass is 16.2. The third-order valence-electron chi connectivity index (χ3n) is 2.58. The van der Waals surface area contributed by atoms with Crippen LogP contribution in [0.2, 0.25) is 0 Å². The highest BCUT2D eigenvalue weighted by Gasteiger charge is 2.14. The van der Waals surface area contributed by atoms with Crippen molar-refractivity contribution < 1.29 is 4.79 Å². The predicted molar refractivity (Wildman–Crippen MR) is 60.9 cm³/mol. The Labute approximate surface area is 87.7 Å². The number of nitrogens with zero attached hydrogens (tertiary/aromatic N) is 1. The Kier molecular flexibility index (Phi) is 2.11. The summed E-state index contributed by atoms with van der Waals surface area (Å²) in [6.07, 6.45) is 0. The molecule has 78 valence electrons. The smallest absolute Gasteiger partial charge is 0.326 e. The maximum Gasteiger partial charge on any atom is 0.326 e. The van der Waals surface area contributed by atoms with Crippen molar-refractivity contribution in [2.45, 2.75) is 6.92 Å². The number of amides is 1. The van der Waals surface area contributed by atoms with Crippen molar-refractivity contribution >= 4 is 22.6 Å². The molecule has 1 amide bonds. The van der Waals surface area contributed by atoms with Crippen LogP contribution in [-0.4, -0.2) is 17.6 Å². The summed E-state index contributed by atoms with van der Waals surface area (Å²) in [7, 11) is 1.60. The summed E-state index contributed by atoms with van der Waals surface area (Å²) in [5.74, 6) is 0. The van der Waals surface area contributed by atoms with Crippen LogP contribution >= 0.6 is 0 Å². The number of aromatic nitrogens is 1. The first-order valence-electron chi connectivity index (χ1n) is 4.74. The maximum absolute atomic E-state index is 11.7. The van der Waals surface area contributed by atoms with Crippen LogP contribution in [0.5, 0.6) is 0 Å². The standard InChI is InChI=1S/C11H13N3O/c1-7-10(12)8-5-3-4-6-9(8)14(7)11(15)13-2/h3-6H,12H2,1-2H3,(H,13,15). The van der Waals surface area contributed by atoms with E-state index in [0.717, 1.165) is 16.6 Å². The number of carbonyl (C=O) groups is 1. The lowest BCUT2D eigenvalue weighted by Crippen LogP contribution is -2.25. The van der Waals surface area contributed by atoms with Crippen molar-refractivity contribution in [2.75, 3.05) is 12.8 Å². The second-order valence-electron chi connectivity index (χ2n) is 3.41. The first-order chi connectivity index (χ1) is 7.16. The van der Waals surface area contributed by atoms with E-state index in [1.54, 1.807) is 11.6 Å². The number of rotatable bonds is 0. The molecule has 0 unspecified atom stereocenters. The van der Waals surface area contributed by atoms with Gasteiger partial charge in [0.1, 0.15) is 0 Å². The lowest BCUT2D eigenvalue weighted by atomic mass is 10.2. The third kappa shape index (κ3) is 1.26. The van der Waals surface area contributed by atoms with Gasteiger partial charge in [0.15, 0.2) is 0 Å². The van der Waals surface area contributed by atoms with Gasteiger partial charge in [-0.3, -0.25) is 4.57 Å². The fourth-order valence-electron chi connectivity index (χ4n) is 1.77. The first kappa shape index (κ1) is 9.58. The van der Waals surface area contributed by atoms with Crippen LogP contribution in [0.3, 0.4) is 0 Å². The van der Waals surface area contributed by atoms with Gasteiger partial charge in [-0.05, 0) is 13.0 Å². The van der Waals surface area contributed by atoms with Crippen molar-refractivity contribution in [3.8, 4) is 0 Å². The normalized spacial score (nSPS) is 10.5. The lowest BCUT2D eigenvalue weighted by molar-refractivity contribution is 0.245. The van der Waals surface area contributed by atoms with E-state index in [9.17, 15) is 4.79 Å². The Morgan fingerprint density at radius 3 is 2.73 bits per heavy atom. The number of nitrogens with two attached hydrogens (primary N) is 1. The van der Waals surface area contributed by atoms with Gasteiger partial charge >= 0.3 is 6.03 Å². The largest absolute Gasteiger partial charge is 0.397 e. The van der Waals surface area contributed by atoms with Gasteiger partial charge in [0.05, 0.1) is 11.2 Å². The van der Waals surface area contributed by atoms with Gasteiger partial charge in [-0.25, -0.2) is 4.79 Å². The minimum Gasteiger partial charge on any atom is -0.397 e. The van der Waals surface area contributed by atoms with E-state index in [0.29, 0.717) is 5.69 Å². The molecular weight excluding hydrogens is 190 g/mol. The molecule has 0 aliphatic rings. The van der Waals surface area contributed by atoms with E-state index in [2.05, 4.69) is 5.32 Å². The van der Waals surface area contributed by atoms with Gasteiger partial charge in [0, 0.05) is 18.1 Å². The molecule has 0 aliphatic heterocycles. The molecule has 4 heteroatoms. The van der Waals surface area contributed by atoms with Crippen molar-refractivity contribution in [1.29, 1.82) is 0 Å². The molecule has 2 aromatic rings. The summed E-state index contributed by atoms with van der Waals surface area (Å²) in [5.41, 5.74) is 8.21. The van der Waals surface area contributed by atoms with E-state index >= 15 is 0 Å². The minimum absolute atomic E-state index is 0.166. The van der Waals surface area contributed by atoms with Crippen LogP contribution in [0.15, 0.2) is 24.3 Å². The number of hydrogen-bond donors (Lipinski definition) is 2. The Morgan fingerprint density at radius 1 is 1.40 bits per heavy atom. The molecule has 3 N–H and O–H groups in total. The van der Waals surface area contributed by atoms with Crippen LogP contribution in [0, 0.1) is 6.92 Å². The molecule has 0 radical (unpaired) electrons. The number of carbonyl (C=O) groups excluding carboxylic acids is 1. The van der Waals surface area contributed by atoms with E-state index < -0.39 is 0 Å². The van der Waals surface area contributed by atoms with Gasteiger partial charge in [0.25, 0.3) is 0 Å². The van der Waals surface area contributed by atoms with Crippen LogP contribution < -0.4 is 11.1 Å². The molecule has 15 heavy (non-hydrogen) atoms. The lowest BCUT2D eigenvalue weighted by Gasteiger charge is -2.04. The third-order valence-corrected chi connectivity index (χ3v) is 2.58. The Hall–Kier alpha value is -1.97. The monoisotopic (exact) mass is 203 g/mol. The Balaban J connectivity index is 2.83. The van der Waals surface area contributed by atoms with E-state index in [1.165, 1.54) is 0 Å². The summed E-state index contributed by atoms with van der Waals surface area (Å²) >= 11 is 0. The molecule has 0 fully saturated rings. The maximum atomic E-state index is 11.7. The molecule has 0 aliphatic carbocycles. The molecule has 0 spiro atoms. The van der Waals surface area contributed by atoms with Crippen molar-refractivity contribution in [3.63, 3.8) is 0 Å². The zero-order chi connectivity index (χ0) is 11.0. The fourth-order valence-corrected chi connectivity index (χ4v) is 1.77.